The predicted octanol–water partition coefficient (Wildman–Crippen LogP) is 28.4. The Hall–Kier alpha value is -17.8. The predicted molar refractivity (Wildman–Crippen MR) is 509 cm³/mol. The van der Waals surface area contributed by atoms with Crippen LogP contribution in [-0.2, 0) is 0 Å². The lowest BCUT2D eigenvalue weighted by molar-refractivity contribution is 1.07. The maximum absolute atomic E-state index is 9.40. The number of benzene rings is 18. The van der Waals surface area contributed by atoms with Crippen molar-refractivity contribution in [3.05, 3.63) is 459 Å². The summed E-state index contributed by atoms with van der Waals surface area (Å²) in [5.41, 5.74) is 23.5. The Kier molecular flexibility index (Phi) is 22.3. The minimum absolute atomic E-state index is 0.630. The van der Waals surface area contributed by atoms with Crippen LogP contribution < -0.4 is 0 Å². The Morgan fingerprint density at radius 3 is 0.643 bits per heavy atom. The van der Waals surface area contributed by atoms with Crippen molar-refractivity contribution < 1.29 is 0 Å². The van der Waals surface area contributed by atoms with Gasteiger partial charge in [0.15, 0.2) is 58.1 Å². The van der Waals surface area contributed by atoms with E-state index in [2.05, 4.69) is 205 Å². The van der Waals surface area contributed by atoms with Crippen LogP contribution in [0.5, 0.6) is 0 Å². The maximum Gasteiger partial charge on any atom is 0.194 e. The molecule has 0 spiro atoms. The van der Waals surface area contributed by atoms with Crippen LogP contribution in [0.1, 0.15) is 11.1 Å². The zero-order chi connectivity index (χ0) is 84.9. The summed E-state index contributed by atoms with van der Waals surface area (Å²) in [6, 6.07) is 151. The van der Waals surface area contributed by atoms with Crippen molar-refractivity contribution in [2.75, 3.05) is 0 Å². The van der Waals surface area contributed by atoms with Gasteiger partial charge in [0.25, 0.3) is 0 Å². The minimum Gasteiger partial charge on any atom is -0.238 e. The molecule has 126 heavy (non-hydrogen) atoms. The van der Waals surface area contributed by atoms with Gasteiger partial charge in [0.2, 0.25) is 0 Å². The summed E-state index contributed by atoms with van der Waals surface area (Å²) in [7, 11) is 0. The van der Waals surface area contributed by atoms with Crippen molar-refractivity contribution in [3.63, 3.8) is 0 Å². The van der Waals surface area contributed by atoms with Crippen LogP contribution in [0, 0.1) is 29.2 Å². The number of rotatable bonds is 15. The molecule has 0 radical (unpaired) electrons. The molecule has 18 aromatic carbocycles. The molecule has 0 atom stereocenters. The van der Waals surface area contributed by atoms with E-state index in [1.165, 1.54) is 10.8 Å². The highest BCUT2D eigenvalue weighted by molar-refractivity contribution is 6.08. The zero-order valence-electron chi connectivity index (χ0n) is 67.9. The molecule has 21 aromatic rings. The first-order valence-electron chi connectivity index (χ1n) is 41.3. The molecule has 3 heterocycles. The van der Waals surface area contributed by atoms with Crippen LogP contribution in [0.2, 0.25) is 0 Å². The Labute approximate surface area is 729 Å². The van der Waals surface area contributed by atoms with E-state index in [1.54, 1.807) is 0 Å². The van der Waals surface area contributed by atoms with Gasteiger partial charge in [-0.2, -0.15) is 10.5 Å². The summed E-state index contributed by atoms with van der Waals surface area (Å²) in [4.78, 5) is 47.4. The monoisotopic (exact) mass is 1610 g/mol. The van der Waals surface area contributed by atoms with Crippen molar-refractivity contribution in [3.8, 4) is 181 Å². The highest BCUT2D eigenvalue weighted by Gasteiger charge is 2.20. The molecule has 0 N–H and O–H groups in total. The summed E-state index contributed by atoms with van der Waals surface area (Å²) in [6.07, 6.45) is 0. The van der Waals surface area contributed by atoms with Gasteiger partial charge in [0.1, 0.15) is 0 Å². The minimum atomic E-state index is 0.630. The van der Waals surface area contributed by atoms with Gasteiger partial charge in [-0.3, -0.25) is 0 Å². The fourth-order valence-corrected chi connectivity index (χ4v) is 15.9. The molecule has 0 unspecified atom stereocenters. The average Bonchev–Trinajstić information content (AvgIpc) is 0.770. The van der Waals surface area contributed by atoms with E-state index in [-0.39, 0.29) is 0 Å². The van der Waals surface area contributed by atoms with E-state index in [4.69, 9.17) is 51.4 Å². The van der Waals surface area contributed by atoms with Crippen molar-refractivity contribution in [1.29, 1.82) is 10.5 Å². The van der Waals surface area contributed by atoms with Gasteiger partial charge in [0.05, 0.1) is 29.8 Å². The number of hydrogen-bond donors (Lipinski definition) is 0. The number of nitrogens with zero attached hydrogens (tertiary/aromatic N) is 12. The fraction of sp³-hybridized carbons (Fsp3) is 0. The Morgan fingerprint density at radius 2 is 0.373 bits per heavy atom. The number of aromatic nitrogens is 9. The molecule has 0 fully saturated rings. The van der Waals surface area contributed by atoms with Crippen LogP contribution in [0.3, 0.4) is 0 Å². The zero-order valence-corrected chi connectivity index (χ0v) is 67.9. The maximum atomic E-state index is 9.40. The van der Waals surface area contributed by atoms with E-state index in [1.807, 2.05) is 249 Å². The van der Waals surface area contributed by atoms with E-state index >= 15 is 0 Å². The van der Waals surface area contributed by atoms with Gasteiger partial charge < -0.3 is 0 Å². The topological polar surface area (TPSA) is 168 Å². The van der Waals surface area contributed by atoms with E-state index in [0.717, 1.165) is 138 Å². The quantitative estimate of drug-likeness (QED) is 0.0896. The third-order valence-electron chi connectivity index (χ3n) is 22.2. The third kappa shape index (κ3) is 16.7. The second kappa shape index (κ2) is 36.0. The van der Waals surface area contributed by atoms with Crippen LogP contribution in [-0.4, -0.2) is 44.9 Å². The van der Waals surface area contributed by atoms with Gasteiger partial charge >= 0.3 is 0 Å². The summed E-state index contributed by atoms with van der Waals surface area (Å²) in [5.74, 6) is 5.76. The summed E-state index contributed by atoms with van der Waals surface area (Å²) in [6.45, 7) is 7.64. The highest BCUT2D eigenvalue weighted by Crippen LogP contribution is 2.43. The first-order chi connectivity index (χ1) is 62.3. The second-order valence-corrected chi connectivity index (χ2v) is 30.0. The molecule has 0 saturated heterocycles. The van der Waals surface area contributed by atoms with Gasteiger partial charge in [0, 0.05) is 50.1 Å². The molecule has 588 valence electrons. The molecule has 12 nitrogen and oxygen atoms in total. The lowest BCUT2D eigenvalue weighted by Gasteiger charge is -2.13. The molecule has 0 saturated carbocycles. The van der Waals surface area contributed by atoms with Crippen molar-refractivity contribution in [2.45, 2.75) is 0 Å². The average molecular weight is 1610 g/mol. The van der Waals surface area contributed by atoms with E-state index in [0.29, 0.717) is 69.2 Å². The molecule has 3 aromatic heterocycles. The molecule has 0 amide bonds. The first kappa shape index (κ1) is 78.1. The molecule has 21 rings (SSSR count). The van der Waals surface area contributed by atoms with Gasteiger partial charge in [-0.1, -0.05) is 413 Å². The molecule has 0 aliphatic rings. The third-order valence-corrected chi connectivity index (χ3v) is 22.2. The summed E-state index contributed by atoms with van der Waals surface area (Å²) < 4.78 is 0. The van der Waals surface area contributed by atoms with Crippen LogP contribution >= 0.6 is 0 Å². The molecule has 0 bridgehead atoms. The standard InChI is InChI=1S/3C38H24N4/c1-39-35-19-11-10-18-34(35)33-25-24-30(31-16-8-9-17-32(31)33)26-20-22-29(23-21-26)38-41-36(27-12-4-2-5-13-27)40-37(42-38)28-14-6-3-7-15-28;39-25-26-10-9-15-31(24-26)33-23-22-32(34-16-7-8-17-35(33)34)27-18-20-30(21-19-27)38-41-36(28-11-3-1-4-12-28)40-37(42-38)29-13-5-2-6-14-29;39-25-26-15-17-27(18-16-26)32-23-24-33(35-14-8-7-13-34(32)35)28-19-21-31(22-20-28)38-41-36(29-9-3-1-4-10-29)40-37(42-38)30-11-5-2-6-12-30/h2-25H;2*1-24H. The summed E-state index contributed by atoms with van der Waals surface area (Å²) in [5, 5.41) is 25.5. The number of para-hydroxylation sites is 1. The van der Waals surface area contributed by atoms with Crippen molar-refractivity contribution in [1.82, 2.24) is 44.9 Å². The lowest BCUT2D eigenvalue weighted by atomic mass is 9.91. The fourth-order valence-electron chi connectivity index (χ4n) is 15.9. The number of fused-ring (bicyclic) bond motifs is 3. The molecular formula is C114H72N12. The molecule has 0 aliphatic heterocycles. The molecule has 0 aliphatic carbocycles. The van der Waals surface area contributed by atoms with Crippen molar-refractivity contribution in [2.24, 2.45) is 0 Å². The lowest BCUT2D eigenvalue weighted by Crippen LogP contribution is -2.00. The first-order valence-corrected chi connectivity index (χ1v) is 41.3. The SMILES string of the molecule is N#Cc1ccc(-c2ccc(-c3ccc(-c4nc(-c5ccccc5)nc(-c5ccccc5)n4)cc3)c3ccccc23)cc1.N#Cc1cccc(-c2ccc(-c3ccc(-c4nc(-c5ccccc5)nc(-c5ccccc5)n4)cc3)c3ccccc23)c1.[C-]#[N+]c1ccccc1-c1ccc(-c2ccc(-c3nc(-c4ccccc4)nc(-c4ccccc4)n3)cc2)c2ccccc12. The van der Waals surface area contributed by atoms with E-state index in [9.17, 15) is 10.5 Å². The van der Waals surface area contributed by atoms with Crippen LogP contribution in [0.4, 0.5) is 5.69 Å². The normalized spacial score (nSPS) is 10.8. The number of hydrogen-bond acceptors (Lipinski definition) is 11. The Balaban J connectivity index is 0.000000123. The van der Waals surface area contributed by atoms with Crippen LogP contribution in [0.25, 0.3) is 206 Å². The second-order valence-electron chi connectivity index (χ2n) is 30.0. The summed E-state index contributed by atoms with van der Waals surface area (Å²) >= 11 is 0. The number of nitriles is 2. The highest BCUT2D eigenvalue weighted by atomic mass is 15.1. The van der Waals surface area contributed by atoms with Gasteiger partial charge in [-0.05, 0) is 123 Å². The Bertz CT molecular complexity index is 7500. The molecule has 12 heteroatoms. The Morgan fingerprint density at radius 1 is 0.167 bits per heavy atom. The largest absolute Gasteiger partial charge is 0.238 e. The smallest absolute Gasteiger partial charge is 0.194 e. The van der Waals surface area contributed by atoms with Crippen molar-refractivity contribution >= 4 is 38.0 Å². The van der Waals surface area contributed by atoms with E-state index < -0.39 is 0 Å². The van der Waals surface area contributed by atoms with Gasteiger partial charge in [-0.15, -0.1) is 0 Å². The molecular weight excluding hydrogens is 1540 g/mol. The van der Waals surface area contributed by atoms with Gasteiger partial charge in [-0.25, -0.2) is 49.7 Å². The van der Waals surface area contributed by atoms with Crippen LogP contribution in [0.15, 0.2) is 437 Å².